The van der Waals surface area contributed by atoms with Gasteiger partial charge < -0.3 is 14.6 Å². The molecule has 1 N–H and O–H groups in total. The fraction of sp³-hybridized carbons (Fsp3) is 0.222. The van der Waals surface area contributed by atoms with Gasteiger partial charge in [-0.15, -0.1) is 4.91 Å². The molecule has 1 saturated heterocycles. The Hall–Kier alpha value is -3.29. The van der Waals surface area contributed by atoms with Gasteiger partial charge in [-0.3, -0.25) is 4.79 Å². The summed E-state index contributed by atoms with van der Waals surface area (Å²) in [5.74, 6) is -0.585. The van der Waals surface area contributed by atoms with Crippen LogP contribution in [0.25, 0.3) is 22.2 Å². The van der Waals surface area contributed by atoms with Crippen LogP contribution < -0.4 is 4.90 Å². The number of hydrogen-bond donors (Lipinski definition) is 1. The molecule has 0 atom stereocenters. The van der Waals surface area contributed by atoms with Gasteiger partial charge in [-0.2, -0.15) is 4.39 Å². The van der Waals surface area contributed by atoms with Crippen LogP contribution in [0.2, 0.25) is 0 Å². The van der Waals surface area contributed by atoms with Gasteiger partial charge in [0.15, 0.2) is 0 Å². The third-order valence-electron chi connectivity index (χ3n) is 4.57. The Bertz CT molecular complexity index is 1010. The van der Waals surface area contributed by atoms with E-state index in [9.17, 15) is 14.1 Å². The number of nitrogens with zero attached hydrogens (tertiary/aromatic N) is 3. The van der Waals surface area contributed by atoms with Crippen molar-refractivity contribution in [2.45, 2.75) is 0 Å². The summed E-state index contributed by atoms with van der Waals surface area (Å²) in [7, 11) is 1.35. The number of aromatic nitrogens is 2. The second-order valence-corrected chi connectivity index (χ2v) is 6.18. The number of fused-ring (bicyclic) bond motifs is 1. The number of methoxy groups -OCH3 is 1. The van der Waals surface area contributed by atoms with Crippen LogP contribution in [0.1, 0.15) is 0 Å². The minimum atomic E-state index is -0.607. The summed E-state index contributed by atoms with van der Waals surface area (Å²) in [6, 6.07) is 10.1. The number of halogens is 1. The van der Waals surface area contributed by atoms with Crippen molar-refractivity contribution in [2.24, 2.45) is 11.1 Å². The lowest BCUT2D eigenvalue weighted by Crippen LogP contribution is -2.51. The van der Waals surface area contributed by atoms with Crippen LogP contribution >= 0.6 is 0 Å². The van der Waals surface area contributed by atoms with E-state index >= 15 is 0 Å². The van der Waals surface area contributed by atoms with Gasteiger partial charge in [-0.25, -0.2) is 4.98 Å². The van der Waals surface area contributed by atoms with Crippen LogP contribution in [0.5, 0.6) is 0 Å². The van der Waals surface area contributed by atoms with E-state index in [1.807, 2.05) is 4.90 Å². The van der Waals surface area contributed by atoms with E-state index in [2.05, 4.69) is 15.1 Å². The number of ether oxygens (including phenoxy) is 1. The van der Waals surface area contributed by atoms with Crippen LogP contribution in [0, 0.1) is 16.8 Å². The number of nitroso groups, excluding NO2 is 1. The lowest BCUT2D eigenvalue weighted by Gasteiger charge is -2.38. The lowest BCUT2D eigenvalue weighted by atomic mass is 10.0. The summed E-state index contributed by atoms with van der Waals surface area (Å²) in [4.78, 5) is 31.0. The molecule has 0 amide bonds. The molecule has 0 radical (unpaired) electrons. The van der Waals surface area contributed by atoms with Crippen molar-refractivity contribution >= 4 is 28.4 Å². The molecule has 0 unspecified atom stereocenters. The Labute approximate surface area is 147 Å². The molecule has 8 heteroatoms. The standard InChI is InChI=1S/C18H15FN4O3/c1-26-18(24)11-8-23(9-11)16-5-3-13(17(19)21-16)15-7-10-6-12(22-25)2-4-14(10)20-15/h2-7,11,20H,8-9H2,1H3. The summed E-state index contributed by atoms with van der Waals surface area (Å²) in [5.41, 5.74) is 1.99. The van der Waals surface area contributed by atoms with Crippen molar-refractivity contribution < 1.29 is 13.9 Å². The van der Waals surface area contributed by atoms with E-state index in [4.69, 9.17) is 4.74 Å². The highest BCUT2D eigenvalue weighted by atomic mass is 19.1. The molecular weight excluding hydrogens is 339 g/mol. The SMILES string of the molecule is COC(=O)C1CN(c2ccc(-c3cc4cc(N=O)ccc4[nH]3)c(F)n2)C1. The zero-order valence-corrected chi connectivity index (χ0v) is 13.9. The summed E-state index contributed by atoms with van der Waals surface area (Å²) in [6.07, 6.45) is 0. The second kappa shape index (κ2) is 6.21. The second-order valence-electron chi connectivity index (χ2n) is 6.18. The molecule has 0 saturated carbocycles. The van der Waals surface area contributed by atoms with Crippen molar-refractivity contribution in [3.63, 3.8) is 0 Å². The number of carbonyl (C=O) groups is 1. The monoisotopic (exact) mass is 354 g/mol. The quantitative estimate of drug-likeness (QED) is 0.441. The largest absolute Gasteiger partial charge is 0.469 e. The van der Waals surface area contributed by atoms with Crippen LogP contribution in [-0.4, -0.2) is 36.1 Å². The normalized spacial score (nSPS) is 14.3. The van der Waals surface area contributed by atoms with Crippen molar-refractivity contribution in [3.8, 4) is 11.3 Å². The van der Waals surface area contributed by atoms with Gasteiger partial charge in [-0.05, 0) is 41.6 Å². The molecule has 1 aromatic carbocycles. The Morgan fingerprint density at radius 1 is 1.31 bits per heavy atom. The molecule has 0 bridgehead atoms. The van der Waals surface area contributed by atoms with Gasteiger partial charge >= 0.3 is 5.97 Å². The van der Waals surface area contributed by atoms with Gasteiger partial charge in [-0.1, -0.05) is 0 Å². The summed E-state index contributed by atoms with van der Waals surface area (Å²) >= 11 is 0. The number of esters is 1. The first-order valence-corrected chi connectivity index (χ1v) is 8.05. The highest BCUT2D eigenvalue weighted by molar-refractivity contribution is 5.88. The first-order valence-electron chi connectivity index (χ1n) is 8.05. The number of hydrogen-bond acceptors (Lipinski definition) is 6. The van der Waals surface area contributed by atoms with Crippen LogP contribution in [0.3, 0.4) is 0 Å². The molecule has 1 aliphatic heterocycles. The fourth-order valence-corrected chi connectivity index (χ4v) is 3.11. The summed E-state index contributed by atoms with van der Waals surface area (Å²) in [6.45, 7) is 0.929. The average Bonchev–Trinajstić information content (AvgIpc) is 3.02. The molecule has 132 valence electrons. The van der Waals surface area contributed by atoms with Crippen molar-refractivity contribution in [1.82, 2.24) is 9.97 Å². The van der Waals surface area contributed by atoms with Crippen molar-refractivity contribution in [3.05, 3.63) is 47.3 Å². The van der Waals surface area contributed by atoms with Gasteiger partial charge in [0.2, 0.25) is 5.95 Å². The van der Waals surface area contributed by atoms with E-state index in [1.54, 1.807) is 36.4 Å². The first kappa shape index (κ1) is 16.2. The van der Waals surface area contributed by atoms with Gasteiger partial charge in [0.25, 0.3) is 0 Å². The summed E-state index contributed by atoms with van der Waals surface area (Å²) in [5, 5.41) is 3.67. The minimum absolute atomic E-state index is 0.195. The van der Waals surface area contributed by atoms with Crippen LogP contribution in [0.15, 0.2) is 41.6 Å². The van der Waals surface area contributed by atoms with Gasteiger partial charge in [0, 0.05) is 24.0 Å². The summed E-state index contributed by atoms with van der Waals surface area (Å²) < 4.78 is 19.2. The van der Waals surface area contributed by atoms with Crippen molar-refractivity contribution in [1.29, 1.82) is 0 Å². The Morgan fingerprint density at radius 3 is 2.81 bits per heavy atom. The highest BCUT2D eigenvalue weighted by Gasteiger charge is 2.34. The van der Waals surface area contributed by atoms with E-state index in [0.29, 0.717) is 35.9 Å². The number of H-pyrrole nitrogens is 1. The third-order valence-corrected chi connectivity index (χ3v) is 4.57. The van der Waals surface area contributed by atoms with Crippen LogP contribution in [0.4, 0.5) is 15.9 Å². The van der Waals surface area contributed by atoms with E-state index in [0.717, 1.165) is 10.9 Å². The topological polar surface area (TPSA) is 87.6 Å². The first-order chi connectivity index (χ1) is 12.6. The Kier molecular flexibility index (Phi) is 3.87. The number of nitrogens with one attached hydrogen (secondary N) is 1. The van der Waals surface area contributed by atoms with Crippen molar-refractivity contribution in [2.75, 3.05) is 25.1 Å². The van der Waals surface area contributed by atoms with Gasteiger partial charge in [0.1, 0.15) is 11.5 Å². The number of carbonyl (C=O) groups excluding carboxylic acids is 1. The molecule has 1 aliphatic rings. The number of pyridine rings is 1. The molecule has 0 aliphatic carbocycles. The molecule has 1 fully saturated rings. The molecule has 3 heterocycles. The van der Waals surface area contributed by atoms with E-state index in [1.165, 1.54) is 7.11 Å². The fourth-order valence-electron chi connectivity index (χ4n) is 3.11. The average molecular weight is 354 g/mol. The Balaban J connectivity index is 1.59. The third kappa shape index (κ3) is 2.69. The zero-order chi connectivity index (χ0) is 18.3. The molecule has 0 spiro atoms. The predicted octanol–water partition coefficient (Wildman–Crippen LogP) is 3.38. The molecule has 4 rings (SSSR count). The smallest absolute Gasteiger partial charge is 0.312 e. The lowest BCUT2D eigenvalue weighted by molar-refractivity contribution is -0.146. The molecule has 3 aromatic rings. The van der Waals surface area contributed by atoms with E-state index < -0.39 is 5.95 Å². The highest BCUT2D eigenvalue weighted by Crippen LogP contribution is 2.30. The number of benzene rings is 1. The number of rotatable bonds is 4. The molecule has 7 nitrogen and oxygen atoms in total. The predicted molar refractivity (Wildman–Crippen MR) is 94.7 cm³/mol. The minimum Gasteiger partial charge on any atom is -0.469 e. The maximum atomic E-state index is 14.5. The van der Waals surface area contributed by atoms with E-state index in [-0.39, 0.29) is 11.9 Å². The molecule has 26 heavy (non-hydrogen) atoms. The maximum Gasteiger partial charge on any atom is 0.312 e. The van der Waals surface area contributed by atoms with Crippen LogP contribution in [-0.2, 0) is 9.53 Å². The van der Waals surface area contributed by atoms with Gasteiger partial charge in [0.05, 0.1) is 24.3 Å². The maximum absolute atomic E-state index is 14.5. The Morgan fingerprint density at radius 2 is 2.12 bits per heavy atom. The number of anilines is 1. The zero-order valence-electron chi connectivity index (χ0n) is 13.9. The molecule has 2 aromatic heterocycles. The number of aromatic amines is 1. The molecular formula is C18H15FN4O3.